The van der Waals surface area contributed by atoms with Crippen molar-refractivity contribution in [2.24, 2.45) is 0 Å². The molecular weight excluding hydrogens is 497 g/mol. The molecule has 0 spiro atoms. The molecule has 1 aliphatic rings. The number of pyridine rings is 1. The number of benzene rings is 2. The molecule has 1 amide bonds. The van der Waals surface area contributed by atoms with Crippen LogP contribution < -0.4 is 4.90 Å². The van der Waals surface area contributed by atoms with Crippen molar-refractivity contribution in [3.05, 3.63) is 92.6 Å². The molecule has 1 N–H and O–H groups in total. The number of aromatic carboxylic acids is 1. The number of nitrogens with zero attached hydrogens (tertiary/aromatic N) is 3. The number of carbonyl (C=O) groups excluding carboxylic acids is 1. The molecule has 1 saturated heterocycles. The number of carboxylic acid groups (broad SMARTS) is 1. The Bertz CT molecular complexity index is 1200. The molecule has 0 radical (unpaired) electrons. The number of rotatable bonds is 5. The lowest BCUT2D eigenvalue weighted by Gasteiger charge is -2.43. The fourth-order valence-corrected chi connectivity index (χ4v) is 4.76. The van der Waals surface area contributed by atoms with Crippen molar-refractivity contribution in [2.75, 3.05) is 25.0 Å². The minimum absolute atomic E-state index is 0.0780. The predicted molar refractivity (Wildman–Crippen MR) is 135 cm³/mol. The van der Waals surface area contributed by atoms with E-state index >= 15 is 0 Å². The van der Waals surface area contributed by atoms with Gasteiger partial charge in [0.1, 0.15) is 5.82 Å². The topological polar surface area (TPSA) is 73.7 Å². The molecule has 3 aromatic rings. The molecule has 2 unspecified atom stereocenters. The Kier molecular flexibility index (Phi) is 7.31. The molecule has 1 aromatic heterocycles. The smallest absolute Gasteiger partial charge is 0.337 e. The van der Waals surface area contributed by atoms with Crippen molar-refractivity contribution in [2.45, 2.75) is 18.4 Å². The maximum atomic E-state index is 13.3. The van der Waals surface area contributed by atoms with Gasteiger partial charge in [-0.3, -0.25) is 4.79 Å². The van der Waals surface area contributed by atoms with Crippen LogP contribution in [0.2, 0.25) is 15.1 Å². The van der Waals surface area contributed by atoms with E-state index < -0.39 is 5.97 Å². The van der Waals surface area contributed by atoms with Gasteiger partial charge in [0.2, 0.25) is 0 Å². The molecule has 4 rings (SSSR count). The van der Waals surface area contributed by atoms with E-state index in [1.807, 2.05) is 19.2 Å². The number of hydrogen-bond acceptors (Lipinski definition) is 4. The summed E-state index contributed by atoms with van der Waals surface area (Å²) in [6.07, 6.45) is 2.04. The maximum absolute atomic E-state index is 13.3. The molecule has 0 aliphatic carbocycles. The van der Waals surface area contributed by atoms with E-state index in [4.69, 9.17) is 39.9 Å². The molecule has 34 heavy (non-hydrogen) atoms. The predicted octanol–water partition coefficient (Wildman–Crippen LogP) is 5.87. The van der Waals surface area contributed by atoms with E-state index in [1.165, 1.54) is 6.20 Å². The number of carboxylic acids is 1. The second-order valence-corrected chi connectivity index (χ2v) is 9.47. The Morgan fingerprint density at radius 2 is 1.71 bits per heavy atom. The van der Waals surface area contributed by atoms with Gasteiger partial charge in [-0.1, -0.05) is 40.9 Å². The summed E-state index contributed by atoms with van der Waals surface area (Å²) in [5.41, 5.74) is 1.66. The highest BCUT2D eigenvalue weighted by molar-refractivity contribution is 6.42. The molecule has 6 nitrogen and oxygen atoms in total. The largest absolute Gasteiger partial charge is 0.478 e. The number of aromatic nitrogens is 1. The fraction of sp³-hybridized carbons (Fsp3) is 0.240. The van der Waals surface area contributed by atoms with Gasteiger partial charge in [0, 0.05) is 48.9 Å². The SMILES string of the molecule is CN(C(=O)c1ccc(Cl)cc1)C1CCN(c2ccc(C(=O)O)cn2)CC1c1ccc(Cl)c(Cl)c1. The Hall–Kier alpha value is -2.80. The van der Waals surface area contributed by atoms with E-state index in [9.17, 15) is 9.59 Å². The average molecular weight is 519 g/mol. The Morgan fingerprint density at radius 1 is 1.00 bits per heavy atom. The van der Waals surface area contributed by atoms with Crippen molar-refractivity contribution < 1.29 is 14.7 Å². The number of anilines is 1. The summed E-state index contributed by atoms with van der Waals surface area (Å²) in [5.74, 6) is -0.510. The summed E-state index contributed by atoms with van der Waals surface area (Å²) in [7, 11) is 1.81. The van der Waals surface area contributed by atoms with E-state index in [0.717, 1.165) is 5.56 Å². The Morgan fingerprint density at radius 3 is 2.32 bits per heavy atom. The van der Waals surface area contributed by atoms with Crippen LogP contribution in [-0.4, -0.2) is 53.0 Å². The first kappa shape index (κ1) is 24.3. The summed E-state index contributed by atoms with van der Waals surface area (Å²) >= 11 is 18.5. The fourth-order valence-electron chi connectivity index (χ4n) is 4.33. The minimum Gasteiger partial charge on any atom is -0.478 e. The normalized spacial score (nSPS) is 17.9. The van der Waals surface area contributed by atoms with Crippen LogP contribution >= 0.6 is 34.8 Å². The van der Waals surface area contributed by atoms with E-state index in [-0.39, 0.29) is 23.4 Å². The number of carbonyl (C=O) groups is 2. The third-order valence-corrected chi connectivity index (χ3v) is 7.17. The van der Waals surface area contributed by atoms with Gasteiger partial charge >= 0.3 is 5.97 Å². The van der Waals surface area contributed by atoms with Crippen LogP contribution in [0.1, 0.15) is 38.6 Å². The highest BCUT2D eigenvalue weighted by atomic mass is 35.5. The molecule has 1 aliphatic heterocycles. The molecule has 1 fully saturated rings. The highest BCUT2D eigenvalue weighted by Crippen LogP contribution is 2.35. The number of piperidine rings is 1. The molecule has 0 bridgehead atoms. The van der Waals surface area contributed by atoms with Crippen LogP contribution in [0.4, 0.5) is 5.82 Å². The van der Waals surface area contributed by atoms with Crippen LogP contribution in [0.5, 0.6) is 0 Å². The van der Waals surface area contributed by atoms with Gasteiger partial charge < -0.3 is 14.9 Å². The van der Waals surface area contributed by atoms with Crippen LogP contribution in [0.15, 0.2) is 60.8 Å². The molecule has 2 heterocycles. The van der Waals surface area contributed by atoms with E-state index in [0.29, 0.717) is 46.0 Å². The quantitative estimate of drug-likeness (QED) is 0.457. The van der Waals surface area contributed by atoms with Gasteiger partial charge in [-0.2, -0.15) is 0 Å². The number of halogens is 3. The monoisotopic (exact) mass is 517 g/mol. The number of amides is 1. The van der Waals surface area contributed by atoms with Gasteiger partial charge in [-0.05, 0) is 60.5 Å². The zero-order valence-electron chi connectivity index (χ0n) is 18.3. The van der Waals surface area contributed by atoms with Crippen molar-refractivity contribution in [1.29, 1.82) is 0 Å². The second-order valence-electron chi connectivity index (χ2n) is 8.22. The summed E-state index contributed by atoms with van der Waals surface area (Å²) < 4.78 is 0. The lowest BCUT2D eigenvalue weighted by molar-refractivity contribution is 0.0683. The number of likely N-dealkylation sites (N-methyl/N-ethyl adjacent to an activating group) is 1. The number of hydrogen-bond donors (Lipinski definition) is 1. The summed E-state index contributed by atoms with van der Waals surface area (Å²) in [6.45, 7) is 1.22. The first-order valence-corrected chi connectivity index (χ1v) is 11.8. The molecule has 0 saturated carbocycles. The average Bonchev–Trinajstić information content (AvgIpc) is 2.85. The zero-order valence-corrected chi connectivity index (χ0v) is 20.6. The van der Waals surface area contributed by atoms with Crippen LogP contribution in [0, 0.1) is 0 Å². The van der Waals surface area contributed by atoms with Gasteiger partial charge in [0.15, 0.2) is 0 Å². The van der Waals surface area contributed by atoms with E-state index in [1.54, 1.807) is 47.4 Å². The third kappa shape index (κ3) is 5.14. The molecule has 2 aromatic carbocycles. The lowest BCUT2D eigenvalue weighted by atomic mass is 9.84. The molecule has 2 atom stereocenters. The van der Waals surface area contributed by atoms with E-state index in [2.05, 4.69) is 9.88 Å². The maximum Gasteiger partial charge on any atom is 0.337 e. The zero-order chi connectivity index (χ0) is 24.4. The summed E-state index contributed by atoms with van der Waals surface area (Å²) in [5, 5.41) is 10.6. The Labute approximate surface area is 212 Å². The van der Waals surface area contributed by atoms with Crippen molar-refractivity contribution in [1.82, 2.24) is 9.88 Å². The van der Waals surface area contributed by atoms with Gasteiger partial charge in [-0.15, -0.1) is 0 Å². The summed E-state index contributed by atoms with van der Waals surface area (Å²) in [4.78, 5) is 32.7. The third-order valence-electron chi connectivity index (χ3n) is 6.18. The van der Waals surface area contributed by atoms with Gasteiger partial charge in [0.05, 0.1) is 15.6 Å². The molecule has 9 heteroatoms. The first-order valence-electron chi connectivity index (χ1n) is 10.7. The molecule has 176 valence electrons. The lowest BCUT2D eigenvalue weighted by Crippen LogP contribution is -2.50. The first-order chi connectivity index (χ1) is 16.2. The summed E-state index contributed by atoms with van der Waals surface area (Å²) in [6, 6.07) is 15.5. The van der Waals surface area contributed by atoms with Gasteiger partial charge in [-0.25, -0.2) is 9.78 Å². The van der Waals surface area contributed by atoms with Crippen LogP contribution in [-0.2, 0) is 0 Å². The van der Waals surface area contributed by atoms with Crippen molar-refractivity contribution >= 4 is 52.5 Å². The molecular formula is C25H22Cl3N3O3. The van der Waals surface area contributed by atoms with Crippen molar-refractivity contribution in [3.8, 4) is 0 Å². The minimum atomic E-state index is -1.02. The standard InChI is InChI=1S/C25H22Cl3N3O3/c1-30(24(32)15-2-6-18(26)7-3-15)22-10-11-31(23-9-5-17(13-29-23)25(33)34)14-19(22)16-4-8-20(27)21(28)12-16/h2-9,12-13,19,22H,10-11,14H2,1H3,(H,33,34). The van der Waals surface area contributed by atoms with Crippen LogP contribution in [0.3, 0.4) is 0 Å². The highest BCUT2D eigenvalue weighted by Gasteiger charge is 2.36. The van der Waals surface area contributed by atoms with Gasteiger partial charge in [0.25, 0.3) is 5.91 Å². The Balaban J connectivity index is 1.64. The van der Waals surface area contributed by atoms with Crippen LogP contribution in [0.25, 0.3) is 0 Å². The van der Waals surface area contributed by atoms with Crippen molar-refractivity contribution in [3.63, 3.8) is 0 Å². The second kappa shape index (κ2) is 10.2.